The summed E-state index contributed by atoms with van der Waals surface area (Å²) < 4.78 is 9.37. The third-order valence-electron chi connectivity index (χ3n) is 5.06. The molecule has 0 bridgehead atoms. The number of carbonyl (C=O) groups is 1. The second-order valence-electron chi connectivity index (χ2n) is 7.39. The van der Waals surface area contributed by atoms with Crippen LogP contribution in [0.4, 0.5) is 0 Å². The lowest BCUT2D eigenvalue weighted by atomic mass is 10.2. The van der Waals surface area contributed by atoms with Crippen LogP contribution in [-0.2, 0) is 32.0 Å². The van der Waals surface area contributed by atoms with Crippen molar-refractivity contribution in [1.82, 2.24) is 24.1 Å². The smallest absolute Gasteiger partial charge is 0.332 e. The molecule has 0 fully saturated rings. The number of imidazole rings is 1. The number of rotatable bonds is 7. The molecular formula is C23H22N6O4. The number of aryl methyl sites for hydroxylation is 1. The zero-order chi connectivity index (χ0) is 23.4. The van der Waals surface area contributed by atoms with E-state index in [2.05, 4.69) is 15.5 Å². The first-order chi connectivity index (χ1) is 15.9. The molecule has 10 heteroatoms. The summed E-state index contributed by atoms with van der Waals surface area (Å²) in [5, 5.41) is 3.96. The summed E-state index contributed by atoms with van der Waals surface area (Å²) in [5.41, 5.74) is 3.67. The number of amides is 1. The van der Waals surface area contributed by atoms with Crippen molar-refractivity contribution in [1.29, 1.82) is 0 Å². The van der Waals surface area contributed by atoms with E-state index in [1.54, 1.807) is 0 Å². The summed E-state index contributed by atoms with van der Waals surface area (Å²) in [4.78, 5) is 40.8. The minimum atomic E-state index is -0.517. The van der Waals surface area contributed by atoms with Crippen LogP contribution in [-0.4, -0.2) is 30.8 Å². The molecule has 168 valence electrons. The van der Waals surface area contributed by atoms with Crippen LogP contribution >= 0.6 is 0 Å². The Morgan fingerprint density at radius 3 is 2.52 bits per heavy atom. The predicted octanol–water partition coefficient (Wildman–Crippen LogP) is 1.16. The molecule has 2 aromatic carbocycles. The van der Waals surface area contributed by atoms with Gasteiger partial charge in [-0.2, -0.15) is 5.10 Å². The standard InChI is InChI=1S/C23H22N6O4/c1-27-21-20(22(31)28(2)23(27)32)29(15-24-21)13-19(30)26-25-12-16-8-10-18(11-9-16)33-14-17-6-4-3-5-7-17/h3-12,15H,13-14H2,1-2H3,(H,26,30)/b25-12+. The van der Waals surface area contributed by atoms with Crippen molar-refractivity contribution in [2.75, 3.05) is 0 Å². The van der Waals surface area contributed by atoms with Crippen LogP contribution in [0.15, 0.2) is 75.6 Å². The Morgan fingerprint density at radius 1 is 1.06 bits per heavy atom. The minimum absolute atomic E-state index is 0.171. The predicted molar refractivity (Wildman–Crippen MR) is 123 cm³/mol. The van der Waals surface area contributed by atoms with Gasteiger partial charge < -0.3 is 9.30 Å². The van der Waals surface area contributed by atoms with Crippen molar-refractivity contribution in [2.45, 2.75) is 13.2 Å². The van der Waals surface area contributed by atoms with E-state index in [0.29, 0.717) is 6.61 Å². The lowest BCUT2D eigenvalue weighted by molar-refractivity contribution is -0.121. The van der Waals surface area contributed by atoms with E-state index < -0.39 is 17.2 Å². The second-order valence-corrected chi connectivity index (χ2v) is 7.39. The maximum absolute atomic E-state index is 12.4. The van der Waals surface area contributed by atoms with E-state index in [-0.39, 0.29) is 17.7 Å². The van der Waals surface area contributed by atoms with Gasteiger partial charge in [-0.15, -0.1) is 0 Å². The van der Waals surface area contributed by atoms with Gasteiger partial charge in [0.1, 0.15) is 18.9 Å². The largest absolute Gasteiger partial charge is 0.489 e. The van der Waals surface area contributed by atoms with E-state index in [4.69, 9.17) is 4.74 Å². The highest BCUT2D eigenvalue weighted by molar-refractivity contribution is 5.83. The Morgan fingerprint density at radius 2 is 1.79 bits per heavy atom. The molecule has 2 heterocycles. The van der Waals surface area contributed by atoms with E-state index in [9.17, 15) is 14.4 Å². The number of nitrogens with one attached hydrogen (secondary N) is 1. The van der Waals surface area contributed by atoms with Gasteiger partial charge in [0.25, 0.3) is 11.5 Å². The molecule has 0 aliphatic rings. The average molecular weight is 446 g/mol. The van der Waals surface area contributed by atoms with Crippen molar-refractivity contribution in [3.05, 3.63) is 92.9 Å². The normalized spacial score (nSPS) is 11.2. The third-order valence-corrected chi connectivity index (χ3v) is 5.06. The molecule has 1 N–H and O–H groups in total. The lowest BCUT2D eigenvalue weighted by Gasteiger charge is -2.06. The van der Waals surface area contributed by atoms with Gasteiger partial charge in [-0.1, -0.05) is 30.3 Å². The molecule has 0 aliphatic heterocycles. The zero-order valence-corrected chi connectivity index (χ0v) is 18.1. The van der Waals surface area contributed by atoms with E-state index in [1.807, 2.05) is 54.6 Å². The lowest BCUT2D eigenvalue weighted by Crippen LogP contribution is -2.38. The van der Waals surface area contributed by atoms with Crippen molar-refractivity contribution in [2.24, 2.45) is 19.2 Å². The molecule has 0 saturated carbocycles. The molecule has 0 aliphatic carbocycles. The molecule has 2 aromatic heterocycles. The van der Waals surface area contributed by atoms with Gasteiger partial charge in [0, 0.05) is 14.1 Å². The van der Waals surface area contributed by atoms with Crippen LogP contribution in [0, 0.1) is 0 Å². The van der Waals surface area contributed by atoms with Crippen LogP contribution in [0.25, 0.3) is 11.2 Å². The van der Waals surface area contributed by atoms with Crippen molar-refractivity contribution in [3.63, 3.8) is 0 Å². The number of ether oxygens (including phenoxy) is 1. The highest BCUT2D eigenvalue weighted by Gasteiger charge is 2.15. The van der Waals surface area contributed by atoms with E-state index >= 15 is 0 Å². The van der Waals surface area contributed by atoms with E-state index in [1.165, 1.54) is 35.8 Å². The van der Waals surface area contributed by atoms with Gasteiger partial charge in [-0.05, 0) is 35.4 Å². The quantitative estimate of drug-likeness (QED) is 0.338. The molecule has 10 nitrogen and oxygen atoms in total. The fourth-order valence-electron chi connectivity index (χ4n) is 3.28. The molecule has 0 unspecified atom stereocenters. The van der Waals surface area contributed by atoms with Gasteiger partial charge in [-0.25, -0.2) is 15.2 Å². The monoisotopic (exact) mass is 446 g/mol. The van der Waals surface area contributed by atoms with Crippen LogP contribution in [0.2, 0.25) is 0 Å². The number of hydrogen-bond acceptors (Lipinski definition) is 6. The molecular weight excluding hydrogens is 424 g/mol. The number of fused-ring (bicyclic) bond motifs is 1. The Labute approximate surface area is 188 Å². The van der Waals surface area contributed by atoms with Crippen LogP contribution in [0.1, 0.15) is 11.1 Å². The van der Waals surface area contributed by atoms with Crippen molar-refractivity contribution in [3.8, 4) is 5.75 Å². The van der Waals surface area contributed by atoms with Gasteiger partial charge in [0.2, 0.25) is 0 Å². The Bertz CT molecular complexity index is 1430. The van der Waals surface area contributed by atoms with Gasteiger partial charge >= 0.3 is 5.69 Å². The molecule has 4 rings (SSSR count). The summed E-state index contributed by atoms with van der Waals surface area (Å²) in [6, 6.07) is 17.2. The fourth-order valence-corrected chi connectivity index (χ4v) is 3.28. The minimum Gasteiger partial charge on any atom is -0.489 e. The summed E-state index contributed by atoms with van der Waals surface area (Å²) in [6.07, 6.45) is 2.86. The Hall–Kier alpha value is -4.47. The van der Waals surface area contributed by atoms with Crippen molar-refractivity contribution < 1.29 is 9.53 Å². The topological polar surface area (TPSA) is 113 Å². The van der Waals surface area contributed by atoms with Crippen LogP contribution in [0.5, 0.6) is 5.75 Å². The number of carbonyl (C=O) groups excluding carboxylic acids is 1. The van der Waals surface area contributed by atoms with E-state index in [0.717, 1.165) is 21.4 Å². The molecule has 0 saturated heterocycles. The molecule has 0 spiro atoms. The highest BCUT2D eigenvalue weighted by Crippen LogP contribution is 2.13. The Kier molecular flexibility index (Phi) is 6.16. The third kappa shape index (κ3) is 4.74. The molecule has 33 heavy (non-hydrogen) atoms. The summed E-state index contributed by atoms with van der Waals surface area (Å²) in [7, 11) is 2.90. The first kappa shape index (κ1) is 21.8. The van der Waals surface area contributed by atoms with Crippen molar-refractivity contribution >= 4 is 23.3 Å². The van der Waals surface area contributed by atoms with Crippen LogP contribution < -0.4 is 21.4 Å². The van der Waals surface area contributed by atoms with Gasteiger partial charge in [0.15, 0.2) is 11.2 Å². The maximum atomic E-state index is 12.4. The highest BCUT2D eigenvalue weighted by atomic mass is 16.5. The molecule has 4 aromatic rings. The number of hydrazone groups is 1. The average Bonchev–Trinajstić information content (AvgIpc) is 3.25. The summed E-state index contributed by atoms with van der Waals surface area (Å²) in [5.74, 6) is 0.285. The SMILES string of the molecule is Cn1c(=O)c2c(ncn2CC(=O)N/N=C/c2ccc(OCc3ccccc3)cc2)n(C)c1=O. The summed E-state index contributed by atoms with van der Waals surface area (Å²) >= 11 is 0. The van der Waals surface area contributed by atoms with Crippen LogP contribution in [0.3, 0.4) is 0 Å². The first-order valence-electron chi connectivity index (χ1n) is 10.1. The maximum Gasteiger partial charge on any atom is 0.332 e. The molecule has 0 atom stereocenters. The zero-order valence-electron chi connectivity index (χ0n) is 18.1. The number of hydrogen-bond donors (Lipinski definition) is 1. The summed E-state index contributed by atoms with van der Waals surface area (Å²) in [6.45, 7) is 0.304. The van der Waals surface area contributed by atoms with Gasteiger partial charge in [0.05, 0.1) is 12.5 Å². The fraction of sp³-hybridized carbons (Fsp3) is 0.174. The van der Waals surface area contributed by atoms with Gasteiger partial charge in [-0.3, -0.25) is 18.7 Å². The Balaban J connectivity index is 1.36. The number of aromatic nitrogens is 4. The second kappa shape index (κ2) is 9.35. The first-order valence-corrected chi connectivity index (χ1v) is 10.1. The molecule has 0 radical (unpaired) electrons. The number of nitrogens with zero attached hydrogens (tertiary/aromatic N) is 5. The molecule has 1 amide bonds. The number of benzene rings is 2.